The molecule has 2 heterocycles. The second-order valence-electron chi connectivity index (χ2n) is 9.52. The number of phenolic OH excluding ortho intramolecular Hbond substituents is 1. The van der Waals surface area contributed by atoms with Gasteiger partial charge < -0.3 is 59.1 Å². The highest BCUT2D eigenvalue weighted by molar-refractivity contribution is 5.90. The molecule has 14 nitrogen and oxygen atoms in total. The van der Waals surface area contributed by atoms with E-state index in [0.717, 1.165) is 19.4 Å². The predicted octanol–water partition coefficient (Wildman–Crippen LogP) is -1.28. The van der Waals surface area contributed by atoms with Crippen molar-refractivity contribution in [3.05, 3.63) is 53.3 Å². The van der Waals surface area contributed by atoms with Crippen molar-refractivity contribution >= 4 is 18.0 Å². The van der Waals surface area contributed by atoms with Crippen LogP contribution in [0.25, 0.3) is 6.08 Å². The van der Waals surface area contributed by atoms with Gasteiger partial charge >= 0.3 is 11.9 Å². The molecule has 2 aliphatic heterocycles. The summed E-state index contributed by atoms with van der Waals surface area (Å²) in [5, 5.41) is 59.9. The molecule has 0 amide bonds. The molecule has 1 aliphatic carbocycles. The smallest absolute Gasteiger partial charge is 0.337 e. The number of aliphatic hydroxyl groups is 5. The van der Waals surface area contributed by atoms with Crippen molar-refractivity contribution in [2.24, 2.45) is 11.8 Å². The normalized spacial score (nSPS) is 32.9. The SMILES string of the molecule is COC(=O)C1=COC(OC2OC(CO)C(O)C(O)C2O)C2C(CO)=CC(OC(=O)C=Cc3ccc(O)c(OC)c3)C12. The molecular weight excluding hydrogens is 548 g/mol. The Kier molecular flexibility index (Phi) is 9.65. The number of rotatable bonds is 9. The van der Waals surface area contributed by atoms with Crippen LogP contribution in [0.2, 0.25) is 0 Å². The number of aromatic hydroxyl groups is 1. The molecule has 1 aromatic carbocycles. The average molecular weight is 581 g/mol. The maximum Gasteiger partial charge on any atom is 0.337 e. The zero-order valence-electron chi connectivity index (χ0n) is 22.1. The van der Waals surface area contributed by atoms with Gasteiger partial charge in [0.15, 0.2) is 17.8 Å². The van der Waals surface area contributed by atoms with Crippen LogP contribution in [0, 0.1) is 11.8 Å². The molecule has 3 aliphatic rings. The van der Waals surface area contributed by atoms with Gasteiger partial charge in [0.2, 0.25) is 6.29 Å². The van der Waals surface area contributed by atoms with E-state index in [1.807, 2.05) is 0 Å². The number of hydrogen-bond acceptors (Lipinski definition) is 14. The number of carbonyl (C=O) groups is 2. The average Bonchev–Trinajstić information content (AvgIpc) is 3.35. The van der Waals surface area contributed by atoms with Crippen molar-refractivity contribution in [2.45, 2.75) is 43.1 Å². The molecular formula is C27H32O14. The van der Waals surface area contributed by atoms with Crippen LogP contribution >= 0.6 is 0 Å². The van der Waals surface area contributed by atoms with Gasteiger partial charge in [-0.05, 0) is 35.4 Å². The van der Waals surface area contributed by atoms with Crippen LogP contribution in [0.15, 0.2) is 47.8 Å². The molecule has 1 fully saturated rings. The number of esters is 2. The fourth-order valence-corrected chi connectivity index (χ4v) is 5.01. The van der Waals surface area contributed by atoms with Crippen molar-refractivity contribution in [3.8, 4) is 11.5 Å². The van der Waals surface area contributed by atoms with E-state index in [9.17, 15) is 40.2 Å². The number of methoxy groups -OCH3 is 2. The van der Waals surface area contributed by atoms with Gasteiger partial charge in [0.25, 0.3) is 0 Å². The number of aliphatic hydroxyl groups excluding tert-OH is 5. The standard InChI is InChI=1S/C27H32O14/c1-36-16-7-12(3-5-15(16)30)4-6-19(31)39-17-8-13(9-28)20-21(17)14(25(35)37-2)11-38-26(20)41-27-24(34)23(33)22(32)18(10-29)40-27/h3-8,11,17-18,20-24,26-30,32-34H,9-10H2,1-2H3. The Bertz CT molecular complexity index is 1210. The number of fused-ring (bicyclic) bond motifs is 1. The Morgan fingerprint density at radius 3 is 2.44 bits per heavy atom. The predicted molar refractivity (Wildman–Crippen MR) is 136 cm³/mol. The lowest BCUT2D eigenvalue weighted by molar-refractivity contribution is -0.340. The van der Waals surface area contributed by atoms with Crippen molar-refractivity contribution in [1.29, 1.82) is 0 Å². The summed E-state index contributed by atoms with van der Waals surface area (Å²) in [6.45, 7) is -1.22. The fourth-order valence-electron chi connectivity index (χ4n) is 5.01. The molecule has 0 spiro atoms. The number of carbonyl (C=O) groups excluding carboxylic acids is 2. The molecule has 224 valence electrons. The van der Waals surface area contributed by atoms with Crippen LogP contribution in [0.1, 0.15) is 5.56 Å². The lowest BCUT2D eigenvalue weighted by Crippen LogP contribution is -2.60. The minimum absolute atomic E-state index is 0.0177. The Morgan fingerprint density at radius 2 is 1.78 bits per heavy atom. The summed E-state index contributed by atoms with van der Waals surface area (Å²) < 4.78 is 32.3. The number of ether oxygens (including phenoxy) is 6. The van der Waals surface area contributed by atoms with Crippen molar-refractivity contribution < 1.29 is 68.6 Å². The monoisotopic (exact) mass is 580 g/mol. The van der Waals surface area contributed by atoms with Crippen LogP contribution in [0.3, 0.4) is 0 Å². The van der Waals surface area contributed by atoms with E-state index in [-0.39, 0.29) is 22.6 Å². The van der Waals surface area contributed by atoms with E-state index in [4.69, 9.17) is 28.4 Å². The highest BCUT2D eigenvalue weighted by Gasteiger charge is 2.53. The number of phenols is 1. The van der Waals surface area contributed by atoms with Gasteiger partial charge in [-0.15, -0.1) is 0 Å². The fraction of sp³-hybridized carbons (Fsp3) is 0.481. The van der Waals surface area contributed by atoms with Crippen LogP contribution in [-0.4, -0.2) is 113 Å². The molecule has 9 unspecified atom stereocenters. The zero-order valence-corrected chi connectivity index (χ0v) is 22.1. The van der Waals surface area contributed by atoms with E-state index in [2.05, 4.69) is 0 Å². The highest BCUT2D eigenvalue weighted by atomic mass is 16.8. The lowest BCUT2D eigenvalue weighted by Gasteiger charge is -2.43. The van der Waals surface area contributed by atoms with Gasteiger partial charge in [0.1, 0.15) is 30.5 Å². The maximum atomic E-state index is 12.8. The summed E-state index contributed by atoms with van der Waals surface area (Å²) in [7, 11) is 2.53. The Labute approximate surface area is 234 Å². The molecule has 0 saturated carbocycles. The Balaban J connectivity index is 1.56. The van der Waals surface area contributed by atoms with Gasteiger partial charge in [-0.25, -0.2) is 9.59 Å². The molecule has 14 heteroatoms. The van der Waals surface area contributed by atoms with E-state index in [1.54, 1.807) is 6.07 Å². The first-order valence-corrected chi connectivity index (χ1v) is 12.6. The van der Waals surface area contributed by atoms with Crippen LogP contribution < -0.4 is 4.74 Å². The van der Waals surface area contributed by atoms with Crippen molar-refractivity contribution in [1.82, 2.24) is 0 Å². The number of benzene rings is 1. The summed E-state index contributed by atoms with van der Waals surface area (Å²) in [6, 6.07) is 4.45. The topological polar surface area (TPSA) is 211 Å². The van der Waals surface area contributed by atoms with E-state index in [0.29, 0.717) is 5.56 Å². The third kappa shape index (κ3) is 6.23. The molecule has 0 radical (unpaired) electrons. The first-order chi connectivity index (χ1) is 19.6. The molecule has 6 N–H and O–H groups in total. The van der Waals surface area contributed by atoms with Crippen LogP contribution in [0.4, 0.5) is 0 Å². The molecule has 0 bridgehead atoms. The van der Waals surface area contributed by atoms with Crippen molar-refractivity contribution in [3.63, 3.8) is 0 Å². The van der Waals surface area contributed by atoms with E-state index in [1.165, 1.54) is 31.4 Å². The van der Waals surface area contributed by atoms with Gasteiger partial charge in [0, 0.05) is 12.0 Å². The van der Waals surface area contributed by atoms with Gasteiger partial charge in [-0.3, -0.25) is 0 Å². The zero-order chi connectivity index (χ0) is 29.8. The maximum absolute atomic E-state index is 12.8. The molecule has 41 heavy (non-hydrogen) atoms. The molecule has 4 rings (SSSR count). The van der Waals surface area contributed by atoms with Crippen LogP contribution in [0.5, 0.6) is 11.5 Å². The van der Waals surface area contributed by atoms with Gasteiger partial charge in [-0.1, -0.05) is 6.07 Å². The second kappa shape index (κ2) is 13.0. The number of hydrogen-bond donors (Lipinski definition) is 6. The highest BCUT2D eigenvalue weighted by Crippen LogP contribution is 2.45. The molecule has 0 aromatic heterocycles. The third-order valence-corrected chi connectivity index (χ3v) is 7.12. The Hall–Kier alpha value is -3.50. The molecule has 9 atom stereocenters. The summed E-state index contributed by atoms with van der Waals surface area (Å²) in [4.78, 5) is 25.4. The van der Waals surface area contributed by atoms with Crippen molar-refractivity contribution in [2.75, 3.05) is 27.4 Å². The molecule has 1 saturated heterocycles. The summed E-state index contributed by atoms with van der Waals surface area (Å²) in [5.74, 6) is -3.33. The minimum Gasteiger partial charge on any atom is -0.504 e. The first-order valence-electron chi connectivity index (χ1n) is 12.6. The summed E-state index contributed by atoms with van der Waals surface area (Å²) >= 11 is 0. The van der Waals surface area contributed by atoms with E-state index < -0.39 is 80.1 Å². The molecule has 1 aromatic rings. The summed E-state index contributed by atoms with van der Waals surface area (Å²) in [6.07, 6.45) is -5.22. The Morgan fingerprint density at radius 1 is 1.02 bits per heavy atom. The largest absolute Gasteiger partial charge is 0.504 e. The van der Waals surface area contributed by atoms with Gasteiger partial charge in [0.05, 0.1) is 45.2 Å². The minimum atomic E-state index is -1.74. The lowest BCUT2D eigenvalue weighted by atomic mass is 9.82. The third-order valence-electron chi connectivity index (χ3n) is 7.12. The first kappa shape index (κ1) is 30.5. The second-order valence-corrected chi connectivity index (χ2v) is 9.52. The van der Waals surface area contributed by atoms with Gasteiger partial charge in [-0.2, -0.15) is 0 Å². The van der Waals surface area contributed by atoms with Crippen LogP contribution in [-0.2, 0) is 33.3 Å². The van der Waals surface area contributed by atoms with E-state index >= 15 is 0 Å². The quantitative estimate of drug-likeness (QED) is 0.114. The summed E-state index contributed by atoms with van der Waals surface area (Å²) in [5.41, 5.74) is 0.793.